The van der Waals surface area contributed by atoms with E-state index < -0.39 is 5.82 Å². The van der Waals surface area contributed by atoms with Crippen molar-refractivity contribution < 1.29 is 4.39 Å². The number of imidazole rings is 1. The lowest BCUT2D eigenvalue weighted by Crippen LogP contribution is -2.35. The van der Waals surface area contributed by atoms with Crippen molar-refractivity contribution in [2.45, 2.75) is 32.7 Å². The van der Waals surface area contributed by atoms with E-state index >= 15 is 0 Å². The van der Waals surface area contributed by atoms with Crippen LogP contribution in [0.25, 0.3) is 16.8 Å². The standard InChI is InChI=1S/C25H29FN8/c1-16(2)23-21-12-17(6-10-34(21)15-29-23)24-19(26)13-28-25(32-24)31-22-5-4-18-14-33(11-8-27-3)9-7-20(18)30-22/h4-6,10,12-13,15-16,27H,7-9,11,14H2,1-3H3,(H,28,30,31,32). The van der Waals surface area contributed by atoms with Gasteiger partial charge in [-0.05, 0) is 36.7 Å². The molecule has 0 unspecified atom stereocenters. The minimum absolute atomic E-state index is 0.244. The van der Waals surface area contributed by atoms with Gasteiger partial charge in [-0.15, -0.1) is 0 Å². The Bertz CT molecular complexity index is 1320. The van der Waals surface area contributed by atoms with Crippen molar-refractivity contribution in [3.8, 4) is 11.3 Å². The first kappa shape index (κ1) is 22.4. The van der Waals surface area contributed by atoms with E-state index in [1.807, 2.05) is 35.8 Å². The summed E-state index contributed by atoms with van der Waals surface area (Å²) in [5.41, 5.74) is 5.16. The molecule has 0 radical (unpaired) electrons. The number of hydrogen-bond acceptors (Lipinski definition) is 7. The van der Waals surface area contributed by atoms with Crippen molar-refractivity contribution in [3.63, 3.8) is 0 Å². The van der Waals surface area contributed by atoms with Crippen molar-refractivity contribution in [2.75, 3.05) is 32.0 Å². The molecule has 5 heterocycles. The Morgan fingerprint density at radius 1 is 1.15 bits per heavy atom. The van der Waals surface area contributed by atoms with Gasteiger partial charge in [0.25, 0.3) is 0 Å². The lowest BCUT2D eigenvalue weighted by molar-refractivity contribution is 0.254. The number of aromatic nitrogens is 5. The summed E-state index contributed by atoms with van der Waals surface area (Å²) in [6.45, 7) is 8.06. The minimum Gasteiger partial charge on any atom is -0.318 e. The zero-order valence-corrected chi connectivity index (χ0v) is 19.7. The van der Waals surface area contributed by atoms with Crippen molar-refractivity contribution in [1.82, 2.24) is 34.6 Å². The lowest BCUT2D eigenvalue weighted by atomic mass is 10.1. The molecule has 2 N–H and O–H groups in total. The maximum Gasteiger partial charge on any atom is 0.229 e. The van der Waals surface area contributed by atoms with Crippen molar-refractivity contribution in [3.05, 3.63) is 65.8 Å². The van der Waals surface area contributed by atoms with E-state index in [1.54, 1.807) is 6.33 Å². The molecule has 0 atom stereocenters. The average Bonchev–Trinajstić information content (AvgIpc) is 3.27. The summed E-state index contributed by atoms with van der Waals surface area (Å²) >= 11 is 0. The fourth-order valence-electron chi connectivity index (χ4n) is 4.35. The van der Waals surface area contributed by atoms with Gasteiger partial charge in [-0.2, -0.15) is 0 Å². The molecule has 0 spiro atoms. The maximum absolute atomic E-state index is 14.7. The smallest absolute Gasteiger partial charge is 0.229 e. The van der Waals surface area contributed by atoms with Crippen LogP contribution < -0.4 is 10.6 Å². The van der Waals surface area contributed by atoms with E-state index in [0.29, 0.717) is 17.3 Å². The van der Waals surface area contributed by atoms with Gasteiger partial charge in [0, 0.05) is 50.1 Å². The summed E-state index contributed by atoms with van der Waals surface area (Å²) < 4.78 is 16.7. The Kier molecular flexibility index (Phi) is 6.21. The van der Waals surface area contributed by atoms with Gasteiger partial charge in [-0.1, -0.05) is 19.9 Å². The van der Waals surface area contributed by atoms with Gasteiger partial charge in [0.15, 0.2) is 5.82 Å². The summed E-state index contributed by atoms with van der Waals surface area (Å²) in [7, 11) is 1.97. The Morgan fingerprint density at radius 2 is 2.03 bits per heavy atom. The molecule has 0 aliphatic carbocycles. The third kappa shape index (κ3) is 4.49. The van der Waals surface area contributed by atoms with Crippen molar-refractivity contribution in [1.29, 1.82) is 0 Å². The summed E-state index contributed by atoms with van der Waals surface area (Å²) in [6.07, 6.45) is 5.75. The molecular formula is C25H29FN8. The van der Waals surface area contributed by atoms with Gasteiger partial charge in [0.1, 0.15) is 11.5 Å². The van der Waals surface area contributed by atoms with E-state index in [2.05, 4.69) is 50.4 Å². The van der Waals surface area contributed by atoms with Crippen LogP contribution in [0.3, 0.4) is 0 Å². The van der Waals surface area contributed by atoms with Crippen LogP contribution in [0, 0.1) is 5.82 Å². The third-order valence-electron chi connectivity index (χ3n) is 6.18. The SMILES string of the molecule is CNCCN1CCc2nc(Nc3ncc(F)c(-c4ccn5cnc(C(C)C)c5c4)n3)ccc2C1. The second-order valence-corrected chi connectivity index (χ2v) is 8.94. The van der Waals surface area contributed by atoms with Gasteiger partial charge in [-0.3, -0.25) is 4.90 Å². The Hall–Kier alpha value is -3.43. The van der Waals surface area contributed by atoms with Crippen LogP contribution in [0.15, 0.2) is 43.0 Å². The molecule has 8 nitrogen and oxygen atoms in total. The predicted octanol–water partition coefficient (Wildman–Crippen LogP) is 3.77. The van der Waals surface area contributed by atoms with Crippen LogP contribution in [0.2, 0.25) is 0 Å². The van der Waals surface area contributed by atoms with Crippen LogP contribution in [-0.2, 0) is 13.0 Å². The van der Waals surface area contributed by atoms with Gasteiger partial charge in [-0.25, -0.2) is 24.3 Å². The molecule has 176 valence electrons. The topological polar surface area (TPSA) is 83.3 Å². The minimum atomic E-state index is -0.472. The second kappa shape index (κ2) is 9.44. The molecule has 0 saturated heterocycles. The quantitative estimate of drug-likeness (QED) is 0.434. The Balaban J connectivity index is 1.39. The largest absolute Gasteiger partial charge is 0.318 e. The first-order valence-electron chi connectivity index (χ1n) is 11.6. The van der Waals surface area contributed by atoms with Gasteiger partial charge in [0.05, 0.1) is 23.7 Å². The summed E-state index contributed by atoms with van der Waals surface area (Å²) in [5, 5.41) is 6.36. The molecular weight excluding hydrogens is 431 g/mol. The van der Waals surface area contributed by atoms with Crippen LogP contribution in [0.5, 0.6) is 0 Å². The summed E-state index contributed by atoms with van der Waals surface area (Å²) in [5.74, 6) is 0.764. The van der Waals surface area contributed by atoms with E-state index in [0.717, 1.165) is 49.5 Å². The normalized spacial score (nSPS) is 14.0. The number of rotatable bonds is 7. The van der Waals surface area contributed by atoms with E-state index in [-0.39, 0.29) is 11.6 Å². The highest BCUT2D eigenvalue weighted by atomic mass is 19.1. The van der Waals surface area contributed by atoms with E-state index in [4.69, 9.17) is 4.98 Å². The Labute approximate surface area is 198 Å². The molecule has 0 saturated carbocycles. The molecule has 34 heavy (non-hydrogen) atoms. The van der Waals surface area contributed by atoms with E-state index in [1.165, 1.54) is 11.8 Å². The number of fused-ring (bicyclic) bond motifs is 2. The van der Waals surface area contributed by atoms with Crippen molar-refractivity contribution in [2.24, 2.45) is 0 Å². The van der Waals surface area contributed by atoms with Crippen LogP contribution in [-0.4, -0.2) is 55.9 Å². The number of hydrogen-bond donors (Lipinski definition) is 2. The summed E-state index contributed by atoms with van der Waals surface area (Å²) in [4.78, 5) is 20.3. The number of nitrogens with one attached hydrogen (secondary N) is 2. The molecule has 4 aromatic heterocycles. The van der Waals surface area contributed by atoms with Crippen LogP contribution >= 0.6 is 0 Å². The number of halogens is 1. The predicted molar refractivity (Wildman–Crippen MR) is 131 cm³/mol. The molecule has 5 rings (SSSR count). The molecule has 1 aliphatic heterocycles. The number of likely N-dealkylation sites (N-methyl/N-ethyl adjacent to an activating group) is 1. The molecule has 0 fully saturated rings. The first-order valence-corrected chi connectivity index (χ1v) is 11.6. The molecule has 9 heteroatoms. The number of anilines is 2. The van der Waals surface area contributed by atoms with Gasteiger partial charge in [0.2, 0.25) is 5.95 Å². The molecule has 0 bridgehead atoms. The zero-order chi connectivity index (χ0) is 23.7. The van der Waals surface area contributed by atoms with Gasteiger partial charge < -0.3 is 15.0 Å². The summed E-state index contributed by atoms with van der Waals surface area (Å²) in [6, 6.07) is 7.79. The number of nitrogens with zero attached hydrogens (tertiary/aromatic N) is 6. The van der Waals surface area contributed by atoms with Crippen molar-refractivity contribution >= 4 is 17.3 Å². The number of pyridine rings is 2. The lowest BCUT2D eigenvalue weighted by Gasteiger charge is -2.28. The van der Waals surface area contributed by atoms with Gasteiger partial charge >= 0.3 is 0 Å². The maximum atomic E-state index is 14.7. The zero-order valence-electron chi connectivity index (χ0n) is 19.7. The molecule has 1 aliphatic rings. The fraction of sp³-hybridized carbons (Fsp3) is 0.360. The van der Waals surface area contributed by atoms with E-state index in [9.17, 15) is 4.39 Å². The highest BCUT2D eigenvalue weighted by Crippen LogP contribution is 2.27. The Morgan fingerprint density at radius 3 is 2.85 bits per heavy atom. The second-order valence-electron chi connectivity index (χ2n) is 8.94. The molecule has 4 aromatic rings. The average molecular weight is 461 g/mol. The monoisotopic (exact) mass is 460 g/mol. The third-order valence-corrected chi connectivity index (χ3v) is 6.18. The highest BCUT2D eigenvalue weighted by molar-refractivity contribution is 5.69. The van der Waals surface area contributed by atoms with Crippen LogP contribution in [0.1, 0.15) is 36.7 Å². The molecule has 0 amide bonds. The fourth-order valence-corrected chi connectivity index (χ4v) is 4.35. The van der Waals surface area contributed by atoms with Crippen LogP contribution in [0.4, 0.5) is 16.2 Å². The molecule has 0 aromatic carbocycles. The first-order chi connectivity index (χ1) is 16.5. The highest BCUT2D eigenvalue weighted by Gasteiger charge is 2.18.